The molecule has 0 spiro atoms. The Hall–Kier alpha value is -3.47. The standard InChI is InChI=1S/C25H23FN2O2/c1-18-5-4-6-21(17-18)27-13-15-28(16-14-27)25(30)23-8-3-2-7-22(23)24(29)19-9-11-20(26)12-10-19/h2-12,17H,13-16H2,1H3. The van der Waals surface area contributed by atoms with E-state index in [2.05, 4.69) is 30.0 Å². The van der Waals surface area contributed by atoms with E-state index in [0.717, 1.165) is 18.8 Å². The monoisotopic (exact) mass is 402 g/mol. The molecule has 0 N–H and O–H groups in total. The summed E-state index contributed by atoms with van der Waals surface area (Å²) in [6.45, 7) is 4.72. The predicted octanol–water partition coefficient (Wildman–Crippen LogP) is 4.33. The van der Waals surface area contributed by atoms with E-state index in [1.807, 2.05) is 6.07 Å². The molecular formula is C25H23FN2O2. The first-order chi connectivity index (χ1) is 14.5. The average molecular weight is 402 g/mol. The van der Waals surface area contributed by atoms with E-state index in [9.17, 15) is 14.0 Å². The Morgan fingerprint density at radius 1 is 0.800 bits per heavy atom. The SMILES string of the molecule is Cc1cccc(N2CCN(C(=O)c3ccccc3C(=O)c3ccc(F)cc3)CC2)c1. The molecule has 1 heterocycles. The highest BCUT2D eigenvalue weighted by atomic mass is 19.1. The van der Waals surface area contributed by atoms with Crippen LogP contribution < -0.4 is 4.90 Å². The van der Waals surface area contributed by atoms with Crippen LogP contribution in [-0.4, -0.2) is 42.8 Å². The Balaban J connectivity index is 1.51. The molecule has 1 fully saturated rings. The number of halogens is 1. The third-order valence-electron chi connectivity index (χ3n) is 5.44. The van der Waals surface area contributed by atoms with Gasteiger partial charge in [-0.1, -0.05) is 30.3 Å². The smallest absolute Gasteiger partial charge is 0.254 e. The van der Waals surface area contributed by atoms with E-state index in [0.29, 0.717) is 29.8 Å². The Kier molecular flexibility index (Phi) is 5.61. The molecule has 1 saturated heterocycles. The molecule has 0 radical (unpaired) electrons. The van der Waals surface area contributed by atoms with Gasteiger partial charge in [-0.25, -0.2) is 4.39 Å². The lowest BCUT2D eigenvalue weighted by molar-refractivity contribution is 0.0742. The van der Waals surface area contributed by atoms with Crippen molar-refractivity contribution in [3.8, 4) is 0 Å². The number of rotatable bonds is 4. The van der Waals surface area contributed by atoms with Gasteiger partial charge >= 0.3 is 0 Å². The number of aryl methyl sites for hydroxylation is 1. The van der Waals surface area contributed by atoms with Gasteiger partial charge in [0.1, 0.15) is 5.82 Å². The van der Waals surface area contributed by atoms with Crippen LogP contribution in [0.2, 0.25) is 0 Å². The zero-order valence-electron chi connectivity index (χ0n) is 16.8. The van der Waals surface area contributed by atoms with Crippen LogP contribution in [0.5, 0.6) is 0 Å². The zero-order valence-corrected chi connectivity index (χ0v) is 16.8. The van der Waals surface area contributed by atoms with Gasteiger partial charge in [-0.2, -0.15) is 0 Å². The van der Waals surface area contributed by atoms with Crippen molar-refractivity contribution in [2.75, 3.05) is 31.1 Å². The Bertz CT molecular complexity index is 1070. The summed E-state index contributed by atoms with van der Waals surface area (Å²) in [6.07, 6.45) is 0. The summed E-state index contributed by atoms with van der Waals surface area (Å²) in [5.74, 6) is -0.829. The van der Waals surface area contributed by atoms with E-state index >= 15 is 0 Å². The molecule has 5 heteroatoms. The summed E-state index contributed by atoms with van der Waals surface area (Å²) in [4.78, 5) is 30.2. The maximum atomic E-state index is 13.2. The minimum absolute atomic E-state index is 0.148. The molecule has 0 unspecified atom stereocenters. The second-order valence-electron chi connectivity index (χ2n) is 7.50. The van der Waals surface area contributed by atoms with Gasteiger partial charge in [-0.3, -0.25) is 9.59 Å². The van der Waals surface area contributed by atoms with Crippen molar-refractivity contribution in [1.82, 2.24) is 4.90 Å². The van der Waals surface area contributed by atoms with E-state index < -0.39 is 5.82 Å². The molecule has 30 heavy (non-hydrogen) atoms. The fourth-order valence-electron chi connectivity index (χ4n) is 3.79. The first-order valence-electron chi connectivity index (χ1n) is 10.0. The molecule has 4 nitrogen and oxygen atoms in total. The number of amides is 1. The largest absolute Gasteiger partial charge is 0.368 e. The lowest BCUT2D eigenvalue weighted by Gasteiger charge is -2.36. The van der Waals surface area contributed by atoms with E-state index in [1.54, 1.807) is 29.2 Å². The van der Waals surface area contributed by atoms with Crippen LogP contribution in [0.3, 0.4) is 0 Å². The van der Waals surface area contributed by atoms with Gasteiger partial charge in [0.15, 0.2) is 5.78 Å². The first kappa shape index (κ1) is 19.8. The molecule has 0 aromatic heterocycles. The van der Waals surface area contributed by atoms with Crippen LogP contribution >= 0.6 is 0 Å². The molecule has 1 amide bonds. The number of carbonyl (C=O) groups is 2. The van der Waals surface area contributed by atoms with E-state index in [4.69, 9.17) is 0 Å². The topological polar surface area (TPSA) is 40.6 Å². The van der Waals surface area contributed by atoms with Crippen molar-refractivity contribution in [1.29, 1.82) is 0 Å². The minimum Gasteiger partial charge on any atom is -0.368 e. The number of benzene rings is 3. The van der Waals surface area contributed by atoms with Crippen LogP contribution in [0.1, 0.15) is 31.8 Å². The average Bonchev–Trinajstić information content (AvgIpc) is 2.79. The fourth-order valence-corrected chi connectivity index (χ4v) is 3.79. The van der Waals surface area contributed by atoms with Gasteiger partial charge in [-0.15, -0.1) is 0 Å². The van der Waals surface area contributed by atoms with Crippen LogP contribution in [-0.2, 0) is 0 Å². The number of piperazine rings is 1. The summed E-state index contributed by atoms with van der Waals surface area (Å²) >= 11 is 0. The van der Waals surface area contributed by atoms with Crippen molar-refractivity contribution >= 4 is 17.4 Å². The highest BCUT2D eigenvalue weighted by Gasteiger charge is 2.26. The number of ketones is 1. The molecule has 4 rings (SSSR count). The number of nitrogens with zero attached hydrogens (tertiary/aromatic N) is 2. The van der Waals surface area contributed by atoms with Crippen molar-refractivity contribution in [3.63, 3.8) is 0 Å². The van der Waals surface area contributed by atoms with Gasteiger partial charge in [-0.05, 0) is 55.0 Å². The maximum absolute atomic E-state index is 13.2. The molecule has 0 aliphatic carbocycles. The molecule has 3 aromatic rings. The van der Waals surface area contributed by atoms with Crippen LogP contribution in [0.25, 0.3) is 0 Å². The van der Waals surface area contributed by atoms with Crippen molar-refractivity contribution in [2.45, 2.75) is 6.92 Å². The van der Waals surface area contributed by atoms with Gasteiger partial charge in [0, 0.05) is 43.0 Å². The van der Waals surface area contributed by atoms with Crippen molar-refractivity contribution < 1.29 is 14.0 Å². The van der Waals surface area contributed by atoms with Crippen molar-refractivity contribution in [2.24, 2.45) is 0 Å². The van der Waals surface area contributed by atoms with E-state index in [1.165, 1.54) is 29.8 Å². The van der Waals surface area contributed by atoms with Crippen LogP contribution in [0.4, 0.5) is 10.1 Å². The number of hydrogen-bond acceptors (Lipinski definition) is 3. The highest BCUT2D eigenvalue weighted by molar-refractivity contribution is 6.15. The first-order valence-corrected chi connectivity index (χ1v) is 10.0. The zero-order chi connectivity index (χ0) is 21.1. The summed E-state index contributed by atoms with van der Waals surface area (Å²) in [5, 5.41) is 0. The minimum atomic E-state index is -0.401. The van der Waals surface area contributed by atoms with Gasteiger partial charge in [0.05, 0.1) is 5.56 Å². The number of hydrogen-bond donors (Lipinski definition) is 0. The molecule has 0 saturated carbocycles. The lowest BCUT2D eigenvalue weighted by atomic mass is 9.97. The highest BCUT2D eigenvalue weighted by Crippen LogP contribution is 2.21. The quantitative estimate of drug-likeness (QED) is 0.610. The van der Waals surface area contributed by atoms with Crippen LogP contribution in [0, 0.1) is 12.7 Å². The lowest BCUT2D eigenvalue weighted by Crippen LogP contribution is -2.49. The maximum Gasteiger partial charge on any atom is 0.254 e. The Labute approximate surface area is 175 Å². The predicted molar refractivity (Wildman–Crippen MR) is 116 cm³/mol. The summed E-state index contributed by atoms with van der Waals surface area (Å²) < 4.78 is 13.2. The summed E-state index contributed by atoms with van der Waals surface area (Å²) in [5.41, 5.74) is 3.46. The molecule has 1 aliphatic heterocycles. The fraction of sp³-hybridized carbons (Fsp3) is 0.200. The molecule has 152 valence electrons. The van der Waals surface area contributed by atoms with E-state index in [-0.39, 0.29) is 11.7 Å². The number of anilines is 1. The second-order valence-corrected chi connectivity index (χ2v) is 7.50. The molecular weight excluding hydrogens is 379 g/mol. The van der Waals surface area contributed by atoms with Gasteiger partial charge in [0.25, 0.3) is 5.91 Å². The molecule has 0 atom stereocenters. The van der Waals surface area contributed by atoms with Gasteiger partial charge < -0.3 is 9.80 Å². The Morgan fingerprint density at radius 3 is 2.13 bits per heavy atom. The molecule has 0 bridgehead atoms. The third kappa shape index (κ3) is 4.10. The Morgan fingerprint density at radius 2 is 1.47 bits per heavy atom. The van der Waals surface area contributed by atoms with Gasteiger partial charge in [0.2, 0.25) is 0 Å². The normalized spacial score (nSPS) is 13.9. The second kappa shape index (κ2) is 8.49. The van der Waals surface area contributed by atoms with Crippen molar-refractivity contribution in [3.05, 3.63) is 101 Å². The third-order valence-corrected chi connectivity index (χ3v) is 5.44. The molecule has 3 aromatic carbocycles. The molecule has 1 aliphatic rings. The van der Waals surface area contributed by atoms with Crippen LogP contribution in [0.15, 0.2) is 72.8 Å². The summed E-state index contributed by atoms with van der Waals surface area (Å²) in [7, 11) is 0. The summed E-state index contributed by atoms with van der Waals surface area (Å²) in [6, 6.07) is 20.6. The number of carbonyl (C=O) groups excluding carboxylic acids is 2.